The fourth-order valence-electron chi connectivity index (χ4n) is 2.66. The van der Waals surface area contributed by atoms with Crippen molar-refractivity contribution in [1.82, 2.24) is 0 Å². The third-order valence-corrected chi connectivity index (χ3v) is 7.75. The van der Waals surface area contributed by atoms with Gasteiger partial charge in [0.1, 0.15) is 5.75 Å². The maximum absolute atomic E-state index is 11.9. The minimum atomic E-state index is -6.85. The Balaban J connectivity index is 0.000000271. The van der Waals surface area contributed by atoms with Crippen LogP contribution in [0.5, 0.6) is 5.75 Å². The molecule has 3 aromatic rings. The van der Waals surface area contributed by atoms with Crippen LogP contribution in [0, 0.1) is 0 Å². The van der Waals surface area contributed by atoms with Crippen molar-refractivity contribution in [3.63, 3.8) is 0 Å². The molecule has 13 heteroatoms. The van der Waals surface area contributed by atoms with E-state index in [1.807, 2.05) is 12.1 Å². The first-order valence-corrected chi connectivity index (χ1v) is 12.3. The summed E-state index contributed by atoms with van der Waals surface area (Å²) >= 11 is 0. The summed E-state index contributed by atoms with van der Waals surface area (Å²) in [6.45, 7) is 0. The number of alkyl halides is 7. The van der Waals surface area contributed by atoms with E-state index in [0.717, 1.165) is 5.75 Å². The average Bonchev–Trinajstić information content (AvgIpc) is 2.80. The normalized spacial score (nSPS) is 12.6. The SMILES string of the molecule is COc1ccc(P(c2ccccc2)c2ccccc2)cc1.O=S(=O)(O)C(F)(F)C(F)(F)C(F)(F)F. The molecule has 0 bridgehead atoms. The molecule has 4 nitrogen and oxygen atoms in total. The van der Waals surface area contributed by atoms with Gasteiger partial charge in [0, 0.05) is 0 Å². The lowest BCUT2D eigenvalue weighted by Gasteiger charge is -2.25. The molecular formula is C22H18F7O4PS. The number of hydrogen-bond donors (Lipinski definition) is 1. The van der Waals surface area contributed by atoms with Crippen LogP contribution in [-0.4, -0.2) is 37.4 Å². The third kappa shape index (κ3) is 6.50. The molecule has 0 radical (unpaired) electrons. The number of ether oxygens (including phenoxy) is 1. The zero-order valence-corrected chi connectivity index (χ0v) is 19.5. The van der Waals surface area contributed by atoms with Gasteiger partial charge in [-0.05, 0) is 36.0 Å². The second kappa shape index (κ2) is 10.9. The van der Waals surface area contributed by atoms with Gasteiger partial charge in [-0.2, -0.15) is 39.2 Å². The maximum Gasteiger partial charge on any atom is 0.461 e. The minimum absolute atomic E-state index is 0.519. The molecular weight excluding hydrogens is 524 g/mol. The highest BCUT2D eigenvalue weighted by atomic mass is 32.2. The van der Waals surface area contributed by atoms with Crippen molar-refractivity contribution in [3.05, 3.63) is 84.9 Å². The Labute approximate surface area is 197 Å². The topological polar surface area (TPSA) is 63.6 Å². The molecule has 35 heavy (non-hydrogen) atoms. The van der Waals surface area contributed by atoms with Crippen LogP contribution in [-0.2, 0) is 10.1 Å². The fraction of sp³-hybridized carbons (Fsp3) is 0.182. The zero-order chi connectivity index (χ0) is 26.5. The molecule has 0 saturated carbocycles. The van der Waals surface area contributed by atoms with Crippen molar-refractivity contribution in [2.24, 2.45) is 0 Å². The predicted molar refractivity (Wildman–Crippen MR) is 119 cm³/mol. The van der Waals surface area contributed by atoms with Crippen molar-refractivity contribution < 1.29 is 48.4 Å². The Morgan fingerprint density at radius 1 is 0.686 bits per heavy atom. The predicted octanol–water partition coefficient (Wildman–Crippen LogP) is 5.12. The van der Waals surface area contributed by atoms with E-state index in [1.54, 1.807) is 7.11 Å². The first-order valence-electron chi connectivity index (χ1n) is 9.47. The molecule has 0 fully saturated rings. The van der Waals surface area contributed by atoms with Gasteiger partial charge < -0.3 is 4.74 Å². The Kier molecular flexibility index (Phi) is 8.91. The summed E-state index contributed by atoms with van der Waals surface area (Å²) in [6.07, 6.45) is -6.79. The van der Waals surface area contributed by atoms with Gasteiger partial charge in [-0.1, -0.05) is 72.8 Å². The lowest BCUT2D eigenvalue weighted by molar-refractivity contribution is -0.333. The smallest absolute Gasteiger partial charge is 0.461 e. The fourth-order valence-corrected chi connectivity index (χ4v) is 5.38. The van der Waals surface area contributed by atoms with E-state index in [4.69, 9.17) is 9.29 Å². The standard InChI is InChI=1S/C19H17OP.C3HF7O3S/c1-20-16-12-14-19(15-13-16)21(17-8-4-2-5-9-17)18-10-6-3-7-11-18;4-1(5,2(6,7)8)3(9,10)14(11,12)13/h2-15H,1H3;(H,11,12,13). The van der Waals surface area contributed by atoms with Crippen LogP contribution in [0.15, 0.2) is 84.9 Å². The minimum Gasteiger partial charge on any atom is -0.497 e. The van der Waals surface area contributed by atoms with Crippen LogP contribution < -0.4 is 20.7 Å². The summed E-state index contributed by atoms with van der Waals surface area (Å²) in [6, 6.07) is 29.8. The molecule has 3 rings (SSSR count). The van der Waals surface area contributed by atoms with Crippen molar-refractivity contribution in [3.8, 4) is 5.75 Å². The van der Waals surface area contributed by atoms with E-state index in [0.29, 0.717) is 0 Å². The summed E-state index contributed by atoms with van der Waals surface area (Å²) in [4.78, 5) is 0. The molecule has 1 N–H and O–H groups in total. The lowest BCUT2D eigenvalue weighted by Crippen LogP contribution is -2.55. The molecule has 190 valence electrons. The molecule has 0 aliphatic heterocycles. The van der Waals surface area contributed by atoms with Crippen LogP contribution in [0.25, 0.3) is 0 Å². The van der Waals surface area contributed by atoms with Crippen LogP contribution in [0.3, 0.4) is 0 Å². The zero-order valence-electron chi connectivity index (χ0n) is 17.8. The molecule has 0 saturated heterocycles. The Morgan fingerprint density at radius 2 is 1.06 bits per heavy atom. The van der Waals surface area contributed by atoms with Gasteiger partial charge in [-0.15, -0.1) is 0 Å². The van der Waals surface area contributed by atoms with Crippen LogP contribution in [0.1, 0.15) is 0 Å². The second-order valence-corrected chi connectivity index (χ2v) is 10.5. The number of halogens is 7. The van der Waals surface area contributed by atoms with Gasteiger partial charge in [0.05, 0.1) is 7.11 Å². The van der Waals surface area contributed by atoms with E-state index in [1.165, 1.54) is 15.9 Å². The first kappa shape index (κ1) is 28.5. The summed E-state index contributed by atoms with van der Waals surface area (Å²) < 4.78 is 113. The highest BCUT2D eigenvalue weighted by Gasteiger charge is 2.78. The Bertz CT molecular complexity index is 1150. The molecule has 0 unspecified atom stereocenters. The number of hydrogen-bond acceptors (Lipinski definition) is 3. The van der Waals surface area contributed by atoms with Crippen LogP contribution >= 0.6 is 7.92 Å². The second-order valence-electron chi connectivity index (χ2n) is 6.77. The molecule has 0 atom stereocenters. The molecule has 0 amide bonds. The van der Waals surface area contributed by atoms with Gasteiger partial charge in [-0.3, -0.25) is 4.55 Å². The highest BCUT2D eigenvalue weighted by Crippen LogP contribution is 2.48. The molecule has 0 heterocycles. The number of benzene rings is 3. The summed E-state index contributed by atoms with van der Waals surface area (Å²) in [5, 5.41) is -2.55. The summed E-state index contributed by atoms with van der Waals surface area (Å²) in [5.41, 5.74) is 0. The Hall–Kier alpha value is -2.69. The van der Waals surface area contributed by atoms with Gasteiger partial charge in [-0.25, -0.2) is 0 Å². The molecule has 0 aromatic heterocycles. The van der Waals surface area contributed by atoms with E-state index < -0.39 is 35.4 Å². The number of methoxy groups -OCH3 is 1. The van der Waals surface area contributed by atoms with Crippen LogP contribution in [0.4, 0.5) is 30.7 Å². The van der Waals surface area contributed by atoms with E-state index in [-0.39, 0.29) is 0 Å². The van der Waals surface area contributed by atoms with E-state index >= 15 is 0 Å². The van der Waals surface area contributed by atoms with Crippen molar-refractivity contribution in [2.45, 2.75) is 17.4 Å². The van der Waals surface area contributed by atoms with Crippen LogP contribution in [0.2, 0.25) is 0 Å². The number of rotatable bonds is 6. The quantitative estimate of drug-likeness (QED) is 0.267. The van der Waals surface area contributed by atoms with Crippen molar-refractivity contribution in [2.75, 3.05) is 7.11 Å². The highest BCUT2D eigenvalue weighted by molar-refractivity contribution is 7.87. The largest absolute Gasteiger partial charge is 0.497 e. The van der Waals surface area contributed by atoms with Gasteiger partial charge in [0.15, 0.2) is 0 Å². The molecule has 3 aromatic carbocycles. The monoisotopic (exact) mass is 542 g/mol. The van der Waals surface area contributed by atoms with Crippen molar-refractivity contribution >= 4 is 34.0 Å². The van der Waals surface area contributed by atoms with Crippen molar-refractivity contribution in [1.29, 1.82) is 0 Å². The summed E-state index contributed by atoms with van der Waals surface area (Å²) in [7, 11) is -5.66. The van der Waals surface area contributed by atoms with Gasteiger partial charge in [0.25, 0.3) is 0 Å². The Morgan fingerprint density at radius 3 is 1.34 bits per heavy atom. The maximum atomic E-state index is 11.9. The van der Waals surface area contributed by atoms with E-state index in [2.05, 4.69) is 72.8 Å². The molecule has 0 aliphatic rings. The molecule has 0 spiro atoms. The lowest BCUT2D eigenvalue weighted by atomic mass is 10.3. The summed E-state index contributed by atoms with van der Waals surface area (Å²) in [5.74, 6) is -5.96. The first-order chi connectivity index (χ1) is 16.1. The van der Waals surface area contributed by atoms with Gasteiger partial charge >= 0.3 is 27.5 Å². The molecule has 0 aliphatic carbocycles. The average molecular weight is 542 g/mol. The third-order valence-electron chi connectivity index (χ3n) is 4.40. The van der Waals surface area contributed by atoms with E-state index in [9.17, 15) is 39.2 Å². The van der Waals surface area contributed by atoms with Gasteiger partial charge in [0.2, 0.25) is 0 Å².